The van der Waals surface area contributed by atoms with Crippen molar-refractivity contribution in [3.05, 3.63) is 41.6 Å². The van der Waals surface area contributed by atoms with Gasteiger partial charge in [0.1, 0.15) is 5.69 Å². The summed E-state index contributed by atoms with van der Waals surface area (Å²) < 4.78 is 39.2. The van der Waals surface area contributed by atoms with E-state index in [4.69, 9.17) is 0 Å². The van der Waals surface area contributed by atoms with Crippen molar-refractivity contribution in [1.29, 1.82) is 0 Å². The highest BCUT2D eigenvalue weighted by Gasteiger charge is 2.30. The van der Waals surface area contributed by atoms with E-state index in [2.05, 4.69) is 5.10 Å². The first kappa shape index (κ1) is 14.3. The van der Waals surface area contributed by atoms with Crippen LogP contribution in [-0.4, -0.2) is 16.1 Å². The van der Waals surface area contributed by atoms with Gasteiger partial charge in [0.05, 0.1) is 11.3 Å². The van der Waals surface area contributed by atoms with Gasteiger partial charge in [-0.2, -0.15) is 18.3 Å². The fourth-order valence-electron chi connectivity index (χ4n) is 1.91. The number of alkyl halides is 3. The number of hydrogen-bond acceptors (Lipinski definition) is 2. The van der Waals surface area contributed by atoms with Crippen LogP contribution in [0.25, 0.3) is 11.3 Å². The fourth-order valence-corrected chi connectivity index (χ4v) is 1.91. The molecule has 0 aliphatic heterocycles. The Balaban J connectivity index is 2.46. The number of aromatic nitrogens is 2. The molecule has 0 saturated carbocycles. The summed E-state index contributed by atoms with van der Waals surface area (Å²) in [7, 11) is 0. The molecule has 3 nitrogen and oxygen atoms in total. The Morgan fingerprint density at radius 3 is 2.25 bits per heavy atom. The summed E-state index contributed by atoms with van der Waals surface area (Å²) in [5.74, 6) is 0. The molecule has 0 unspecified atom stereocenters. The summed E-state index contributed by atoms with van der Waals surface area (Å²) in [6, 6.07) is 6.37. The Labute approximate surface area is 114 Å². The van der Waals surface area contributed by atoms with Crippen molar-refractivity contribution in [2.24, 2.45) is 0 Å². The molecule has 0 bridgehead atoms. The maximum absolute atomic E-state index is 12.5. The van der Waals surface area contributed by atoms with Crippen molar-refractivity contribution in [1.82, 2.24) is 9.78 Å². The Morgan fingerprint density at radius 1 is 1.20 bits per heavy atom. The second-order valence-corrected chi connectivity index (χ2v) is 4.69. The van der Waals surface area contributed by atoms with E-state index in [1.54, 1.807) is 10.7 Å². The van der Waals surface area contributed by atoms with Gasteiger partial charge in [0, 0.05) is 6.04 Å². The molecule has 20 heavy (non-hydrogen) atoms. The van der Waals surface area contributed by atoms with Crippen LogP contribution >= 0.6 is 0 Å². The highest BCUT2D eigenvalue weighted by atomic mass is 19.4. The lowest BCUT2D eigenvalue weighted by molar-refractivity contribution is -0.137. The first-order valence-electron chi connectivity index (χ1n) is 6.05. The molecule has 0 N–H and O–H groups in total. The van der Waals surface area contributed by atoms with Crippen LogP contribution in [0.4, 0.5) is 13.2 Å². The largest absolute Gasteiger partial charge is 0.416 e. The Morgan fingerprint density at radius 2 is 1.80 bits per heavy atom. The van der Waals surface area contributed by atoms with E-state index in [9.17, 15) is 18.0 Å². The molecule has 0 aliphatic rings. The monoisotopic (exact) mass is 282 g/mol. The van der Waals surface area contributed by atoms with Crippen LogP contribution in [0.15, 0.2) is 30.3 Å². The molecule has 2 aromatic rings. The summed E-state index contributed by atoms with van der Waals surface area (Å²) in [5, 5.41) is 4.10. The number of carbonyl (C=O) groups is 1. The lowest BCUT2D eigenvalue weighted by atomic mass is 10.1. The summed E-state index contributed by atoms with van der Waals surface area (Å²) in [6.07, 6.45) is -3.74. The second-order valence-electron chi connectivity index (χ2n) is 4.69. The number of carbonyl (C=O) groups excluding carboxylic acids is 1. The maximum Gasteiger partial charge on any atom is 0.416 e. The van der Waals surface area contributed by atoms with Gasteiger partial charge in [0.25, 0.3) is 0 Å². The van der Waals surface area contributed by atoms with Gasteiger partial charge in [0.2, 0.25) is 0 Å². The highest BCUT2D eigenvalue weighted by molar-refractivity contribution is 5.75. The van der Waals surface area contributed by atoms with E-state index in [1.807, 2.05) is 13.8 Å². The predicted octanol–water partition coefficient (Wildman–Crippen LogP) is 3.96. The first-order valence-corrected chi connectivity index (χ1v) is 6.05. The molecule has 0 saturated heterocycles. The Hall–Kier alpha value is -2.11. The molecule has 0 fully saturated rings. The maximum atomic E-state index is 12.5. The van der Waals surface area contributed by atoms with Crippen molar-refractivity contribution in [2.75, 3.05) is 0 Å². The quantitative estimate of drug-likeness (QED) is 0.799. The van der Waals surface area contributed by atoms with Gasteiger partial charge in [-0.15, -0.1) is 0 Å². The van der Waals surface area contributed by atoms with Crippen molar-refractivity contribution >= 4 is 6.29 Å². The highest BCUT2D eigenvalue weighted by Crippen LogP contribution is 2.31. The zero-order chi connectivity index (χ0) is 14.9. The first-order chi connectivity index (χ1) is 9.32. The zero-order valence-corrected chi connectivity index (χ0v) is 11.0. The summed E-state index contributed by atoms with van der Waals surface area (Å²) >= 11 is 0. The summed E-state index contributed by atoms with van der Waals surface area (Å²) in [6.45, 7) is 3.77. The van der Waals surface area contributed by atoms with Gasteiger partial charge >= 0.3 is 6.18 Å². The van der Waals surface area contributed by atoms with Crippen LogP contribution in [0.3, 0.4) is 0 Å². The Bertz CT molecular complexity index is 612. The minimum atomic E-state index is -4.36. The average molecular weight is 282 g/mol. The molecule has 0 aliphatic carbocycles. The third kappa shape index (κ3) is 2.74. The minimum Gasteiger partial charge on any atom is -0.296 e. The van der Waals surface area contributed by atoms with Crippen molar-refractivity contribution in [2.45, 2.75) is 26.1 Å². The number of halogens is 3. The smallest absolute Gasteiger partial charge is 0.296 e. The normalized spacial score (nSPS) is 11.9. The molecule has 1 aromatic heterocycles. The third-order valence-corrected chi connectivity index (χ3v) is 2.87. The molecule has 2 rings (SSSR count). The molecular weight excluding hydrogens is 269 g/mol. The van der Waals surface area contributed by atoms with Crippen LogP contribution in [0.1, 0.15) is 35.9 Å². The van der Waals surface area contributed by atoms with Crippen molar-refractivity contribution in [3.63, 3.8) is 0 Å². The van der Waals surface area contributed by atoms with Crippen LogP contribution in [0.5, 0.6) is 0 Å². The van der Waals surface area contributed by atoms with Crippen LogP contribution < -0.4 is 0 Å². The number of rotatable bonds is 3. The van der Waals surface area contributed by atoms with E-state index in [1.165, 1.54) is 12.1 Å². The second kappa shape index (κ2) is 5.11. The van der Waals surface area contributed by atoms with Crippen molar-refractivity contribution < 1.29 is 18.0 Å². The van der Waals surface area contributed by atoms with Gasteiger partial charge in [-0.3, -0.25) is 9.48 Å². The fraction of sp³-hybridized carbons (Fsp3) is 0.286. The van der Waals surface area contributed by atoms with Crippen LogP contribution in [0.2, 0.25) is 0 Å². The zero-order valence-electron chi connectivity index (χ0n) is 11.0. The molecule has 0 radical (unpaired) electrons. The number of aldehydes is 1. The van der Waals surface area contributed by atoms with Gasteiger partial charge in [-0.25, -0.2) is 0 Å². The van der Waals surface area contributed by atoms with E-state index >= 15 is 0 Å². The Kier molecular flexibility index (Phi) is 3.65. The molecule has 0 atom stereocenters. The van der Waals surface area contributed by atoms with Crippen LogP contribution in [0, 0.1) is 0 Å². The van der Waals surface area contributed by atoms with Gasteiger partial charge in [-0.05, 0) is 37.6 Å². The van der Waals surface area contributed by atoms with Crippen LogP contribution in [-0.2, 0) is 6.18 Å². The summed E-state index contributed by atoms with van der Waals surface area (Å²) in [5.41, 5.74) is 0.768. The molecule has 6 heteroatoms. The van der Waals surface area contributed by atoms with E-state index in [-0.39, 0.29) is 11.7 Å². The predicted molar refractivity (Wildman–Crippen MR) is 68.4 cm³/mol. The molecule has 1 heterocycles. The minimum absolute atomic E-state index is 0.000919. The van der Waals surface area contributed by atoms with E-state index < -0.39 is 11.7 Å². The molecule has 0 spiro atoms. The van der Waals surface area contributed by atoms with Gasteiger partial charge in [0.15, 0.2) is 6.29 Å². The lowest BCUT2D eigenvalue weighted by Crippen LogP contribution is -2.06. The number of benzene rings is 1. The van der Waals surface area contributed by atoms with Gasteiger partial charge < -0.3 is 0 Å². The summed E-state index contributed by atoms with van der Waals surface area (Å²) in [4.78, 5) is 10.8. The topological polar surface area (TPSA) is 34.9 Å². The van der Waals surface area contributed by atoms with Gasteiger partial charge in [-0.1, -0.05) is 12.1 Å². The molecule has 0 amide bonds. The number of hydrogen-bond donors (Lipinski definition) is 0. The number of nitrogens with zero attached hydrogens (tertiary/aromatic N) is 2. The lowest BCUT2D eigenvalue weighted by Gasteiger charge is -2.12. The average Bonchev–Trinajstić information content (AvgIpc) is 2.82. The SMILES string of the molecule is CC(C)n1nc(C=O)cc1-c1ccc(C(F)(F)F)cc1. The van der Waals surface area contributed by atoms with Crippen molar-refractivity contribution in [3.8, 4) is 11.3 Å². The van der Waals surface area contributed by atoms with E-state index in [0.29, 0.717) is 17.5 Å². The molecular formula is C14H13F3N2O. The standard InChI is InChI=1S/C14H13F3N2O/c1-9(2)19-13(7-12(8-20)18-19)10-3-5-11(6-4-10)14(15,16)17/h3-9H,1-2H3. The molecule has 1 aromatic carbocycles. The molecule has 106 valence electrons. The third-order valence-electron chi connectivity index (χ3n) is 2.87. The van der Waals surface area contributed by atoms with E-state index in [0.717, 1.165) is 12.1 Å².